The zero-order valence-corrected chi connectivity index (χ0v) is 11.8. The van der Waals surface area contributed by atoms with E-state index in [9.17, 15) is 0 Å². The standard InChI is InChI=1S/C13H26ClNO2/c1-16-10-4-11-17-12-9-15(8-7-14)13-5-2-3-6-13/h13H,2-12H2,1H3. The van der Waals surface area contributed by atoms with Crippen molar-refractivity contribution in [2.24, 2.45) is 0 Å². The number of nitrogens with zero attached hydrogens (tertiary/aromatic N) is 1. The smallest absolute Gasteiger partial charge is 0.0593 e. The van der Waals surface area contributed by atoms with Crippen molar-refractivity contribution in [3.8, 4) is 0 Å². The third kappa shape index (κ3) is 6.61. The van der Waals surface area contributed by atoms with Crippen molar-refractivity contribution in [2.75, 3.05) is 45.9 Å². The predicted molar refractivity (Wildman–Crippen MR) is 71.9 cm³/mol. The normalized spacial score (nSPS) is 17.1. The van der Waals surface area contributed by atoms with Gasteiger partial charge in [0.25, 0.3) is 0 Å². The molecule has 17 heavy (non-hydrogen) atoms. The zero-order valence-electron chi connectivity index (χ0n) is 11.0. The molecule has 3 nitrogen and oxygen atoms in total. The molecule has 0 unspecified atom stereocenters. The Bertz CT molecular complexity index is 175. The molecule has 1 fully saturated rings. The first-order chi connectivity index (χ1) is 8.38. The number of hydrogen-bond acceptors (Lipinski definition) is 3. The van der Waals surface area contributed by atoms with Gasteiger partial charge in [0.05, 0.1) is 6.61 Å². The monoisotopic (exact) mass is 263 g/mol. The van der Waals surface area contributed by atoms with Crippen LogP contribution in [0.15, 0.2) is 0 Å². The highest BCUT2D eigenvalue weighted by atomic mass is 35.5. The second kappa shape index (κ2) is 10.1. The van der Waals surface area contributed by atoms with E-state index in [4.69, 9.17) is 21.1 Å². The van der Waals surface area contributed by atoms with Crippen LogP contribution < -0.4 is 0 Å². The minimum absolute atomic E-state index is 0.722. The minimum atomic E-state index is 0.722. The summed E-state index contributed by atoms with van der Waals surface area (Å²) in [5.41, 5.74) is 0. The summed E-state index contributed by atoms with van der Waals surface area (Å²) in [7, 11) is 1.72. The molecule has 1 saturated carbocycles. The first-order valence-corrected chi connectivity index (χ1v) is 7.28. The first kappa shape index (κ1) is 15.2. The van der Waals surface area contributed by atoms with Crippen LogP contribution >= 0.6 is 11.6 Å². The fraction of sp³-hybridized carbons (Fsp3) is 1.00. The maximum atomic E-state index is 5.86. The molecule has 0 spiro atoms. The molecule has 0 aromatic carbocycles. The lowest BCUT2D eigenvalue weighted by atomic mass is 10.2. The van der Waals surface area contributed by atoms with E-state index in [1.807, 2.05) is 0 Å². The van der Waals surface area contributed by atoms with Crippen molar-refractivity contribution in [2.45, 2.75) is 38.1 Å². The maximum absolute atomic E-state index is 5.86. The number of hydrogen-bond donors (Lipinski definition) is 0. The summed E-state index contributed by atoms with van der Waals surface area (Å²) in [5.74, 6) is 0.722. The van der Waals surface area contributed by atoms with Crippen LogP contribution in [-0.4, -0.2) is 56.8 Å². The van der Waals surface area contributed by atoms with Crippen molar-refractivity contribution >= 4 is 11.6 Å². The molecule has 1 aliphatic rings. The summed E-state index contributed by atoms with van der Waals surface area (Å²) in [6, 6.07) is 0.747. The highest BCUT2D eigenvalue weighted by molar-refractivity contribution is 6.18. The van der Waals surface area contributed by atoms with E-state index < -0.39 is 0 Å². The third-order valence-corrected chi connectivity index (χ3v) is 3.54. The number of alkyl halides is 1. The molecule has 0 N–H and O–H groups in total. The molecule has 0 aromatic rings. The van der Waals surface area contributed by atoms with Crippen LogP contribution in [0, 0.1) is 0 Å². The largest absolute Gasteiger partial charge is 0.385 e. The average molecular weight is 264 g/mol. The molecular weight excluding hydrogens is 238 g/mol. The van der Waals surface area contributed by atoms with Gasteiger partial charge in [-0.1, -0.05) is 12.8 Å². The molecule has 0 aromatic heterocycles. The SMILES string of the molecule is COCCCOCCN(CCCl)C1CCCC1. The van der Waals surface area contributed by atoms with E-state index in [2.05, 4.69) is 4.90 Å². The molecule has 0 atom stereocenters. The Morgan fingerprint density at radius 3 is 2.53 bits per heavy atom. The van der Waals surface area contributed by atoms with Crippen LogP contribution in [-0.2, 0) is 9.47 Å². The van der Waals surface area contributed by atoms with E-state index in [1.165, 1.54) is 25.7 Å². The van der Waals surface area contributed by atoms with Crippen molar-refractivity contribution in [3.63, 3.8) is 0 Å². The molecule has 0 aliphatic heterocycles. The minimum Gasteiger partial charge on any atom is -0.385 e. The van der Waals surface area contributed by atoms with E-state index in [0.29, 0.717) is 0 Å². The Morgan fingerprint density at radius 1 is 1.12 bits per heavy atom. The van der Waals surface area contributed by atoms with Gasteiger partial charge in [-0.2, -0.15) is 0 Å². The Labute approximate surface area is 110 Å². The number of halogens is 1. The summed E-state index contributed by atoms with van der Waals surface area (Å²) >= 11 is 5.86. The fourth-order valence-electron chi connectivity index (χ4n) is 2.44. The van der Waals surface area contributed by atoms with Crippen LogP contribution in [0.1, 0.15) is 32.1 Å². The summed E-state index contributed by atoms with van der Waals surface area (Å²) in [6.07, 6.45) is 6.40. The van der Waals surface area contributed by atoms with Crippen LogP contribution in [0.25, 0.3) is 0 Å². The van der Waals surface area contributed by atoms with E-state index in [-0.39, 0.29) is 0 Å². The van der Waals surface area contributed by atoms with Crippen LogP contribution in [0.2, 0.25) is 0 Å². The molecule has 102 valence electrons. The lowest BCUT2D eigenvalue weighted by Gasteiger charge is -2.27. The van der Waals surface area contributed by atoms with Crippen molar-refractivity contribution in [1.29, 1.82) is 0 Å². The molecule has 4 heteroatoms. The molecule has 1 rings (SSSR count). The van der Waals surface area contributed by atoms with Crippen molar-refractivity contribution < 1.29 is 9.47 Å². The topological polar surface area (TPSA) is 21.7 Å². The van der Waals surface area contributed by atoms with Gasteiger partial charge in [-0.15, -0.1) is 11.6 Å². The van der Waals surface area contributed by atoms with Gasteiger partial charge in [0, 0.05) is 45.3 Å². The lowest BCUT2D eigenvalue weighted by molar-refractivity contribution is 0.0746. The van der Waals surface area contributed by atoms with Gasteiger partial charge < -0.3 is 9.47 Å². The van der Waals surface area contributed by atoms with Crippen LogP contribution in [0.3, 0.4) is 0 Å². The molecule has 0 amide bonds. The maximum Gasteiger partial charge on any atom is 0.0593 e. The van der Waals surface area contributed by atoms with Gasteiger partial charge in [-0.05, 0) is 19.3 Å². The summed E-state index contributed by atoms with van der Waals surface area (Å²) in [4.78, 5) is 2.50. The highest BCUT2D eigenvalue weighted by Crippen LogP contribution is 2.23. The van der Waals surface area contributed by atoms with E-state index >= 15 is 0 Å². The van der Waals surface area contributed by atoms with Crippen molar-refractivity contribution in [1.82, 2.24) is 4.90 Å². The number of rotatable bonds is 10. The number of ether oxygens (including phenoxy) is 2. The van der Waals surface area contributed by atoms with Crippen molar-refractivity contribution in [3.05, 3.63) is 0 Å². The predicted octanol–water partition coefficient (Wildman–Crippen LogP) is 2.52. The van der Waals surface area contributed by atoms with Gasteiger partial charge in [-0.25, -0.2) is 0 Å². The summed E-state index contributed by atoms with van der Waals surface area (Å²) in [6.45, 7) is 4.41. The molecular formula is C13H26ClNO2. The second-order valence-corrected chi connectivity index (χ2v) is 5.00. The van der Waals surface area contributed by atoms with E-state index in [1.54, 1.807) is 7.11 Å². The van der Waals surface area contributed by atoms with Gasteiger partial charge in [0.1, 0.15) is 0 Å². The van der Waals surface area contributed by atoms with Gasteiger partial charge >= 0.3 is 0 Å². The summed E-state index contributed by atoms with van der Waals surface area (Å²) in [5, 5.41) is 0. The van der Waals surface area contributed by atoms with E-state index in [0.717, 1.165) is 51.3 Å². The molecule has 0 heterocycles. The van der Waals surface area contributed by atoms with Crippen LogP contribution in [0.4, 0.5) is 0 Å². The van der Waals surface area contributed by atoms with Gasteiger partial charge in [0.15, 0.2) is 0 Å². The lowest BCUT2D eigenvalue weighted by Crippen LogP contribution is -2.37. The highest BCUT2D eigenvalue weighted by Gasteiger charge is 2.21. The Morgan fingerprint density at radius 2 is 1.88 bits per heavy atom. The summed E-state index contributed by atoms with van der Waals surface area (Å²) < 4.78 is 10.6. The molecule has 0 saturated heterocycles. The fourth-order valence-corrected chi connectivity index (χ4v) is 2.66. The average Bonchev–Trinajstić information content (AvgIpc) is 2.86. The van der Waals surface area contributed by atoms with Crippen LogP contribution in [0.5, 0.6) is 0 Å². The Balaban J connectivity index is 2.07. The third-order valence-electron chi connectivity index (χ3n) is 3.37. The molecule has 0 bridgehead atoms. The second-order valence-electron chi connectivity index (χ2n) is 4.62. The quantitative estimate of drug-likeness (QED) is 0.447. The van der Waals surface area contributed by atoms with Gasteiger partial charge in [-0.3, -0.25) is 4.90 Å². The van der Waals surface area contributed by atoms with Gasteiger partial charge in [0.2, 0.25) is 0 Å². The number of methoxy groups -OCH3 is 1. The molecule has 0 radical (unpaired) electrons. The Kier molecular flexibility index (Phi) is 9.07. The molecule has 1 aliphatic carbocycles. The zero-order chi connectivity index (χ0) is 12.3. The Hall–Kier alpha value is 0.170. The first-order valence-electron chi connectivity index (χ1n) is 6.75.